The van der Waals surface area contributed by atoms with Crippen molar-refractivity contribution < 1.29 is 4.74 Å². The molecule has 0 spiro atoms. The van der Waals surface area contributed by atoms with Gasteiger partial charge in [0.25, 0.3) is 0 Å². The van der Waals surface area contributed by atoms with Gasteiger partial charge in [-0.25, -0.2) is 4.98 Å². The van der Waals surface area contributed by atoms with E-state index in [-0.39, 0.29) is 0 Å². The van der Waals surface area contributed by atoms with E-state index in [1.165, 1.54) is 17.5 Å². The fourth-order valence-corrected chi connectivity index (χ4v) is 2.67. The SMILES string of the molecule is COc1ncnc(N2CCc3ccccc3CC2)c1N. The summed E-state index contributed by atoms with van der Waals surface area (Å²) < 4.78 is 5.17. The number of hydrogen-bond donors (Lipinski definition) is 1. The van der Waals surface area contributed by atoms with Gasteiger partial charge in [-0.1, -0.05) is 24.3 Å². The molecule has 0 atom stereocenters. The molecule has 5 heteroatoms. The van der Waals surface area contributed by atoms with E-state index in [0.29, 0.717) is 11.6 Å². The molecule has 104 valence electrons. The van der Waals surface area contributed by atoms with Crippen LogP contribution >= 0.6 is 0 Å². The van der Waals surface area contributed by atoms with Crippen LogP contribution in [0.2, 0.25) is 0 Å². The van der Waals surface area contributed by atoms with Crippen molar-refractivity contribution in [3.05, 3.63) is 41.7 Å². The van der Waals surface area contributed by atoms with Gasteiger partial charge in [-0.15, -0.1) is 0 Å². The van der Waals surface area contributed by atoms with E-state index >= 15 is 0 Å². The fraction of sp³-hybridized carbons (Fsp3) is 0.333. The second-order valence-corrected chi connectivity index (χ2v) is 4.88. The van der Waals surface area contributed by atoms with Crippen molar-refractivity contribution >= 4 is 11.5 Å². The Morgan fingerprint density at radius 1 is 1.10 bits per heavy atom. The van der Waals surface area contributed by atoms with Crippen LogP contribution in [0.25, 0.3) is 0 Å². The lowest BCUT2D eigenvalue weighted by atomic mass is 10.0. The third-order valence-electron chi connectivity index (χ3n) is 3.74. The Bertz CT molecular complexity index is 588. The van der Waals surface area contributed by atoms with Crippen LogP contribution in [0.4, 0.5) is 11.5 Å². The molecule has 0 amide bonds. The van der Waals surface area contributed by atoms with Crippen LogP contribution in [0.1, 0.15) is 11.1 Å². The number of rotatable bonds is 2. The maximum Gasteiger partial charge on any atom is 0.242 e. The highest BCUT2D eigenvalue weighted by Crippen LogP contribution is 2.29. The topological polar surface area (TPSA) is 64.3 Å². The summed E-state index contributed by atoms with van der Waals surface area (Å²) in [6.45, 7) is 1.81. The van der Waals surface area contributed by atoms with Crippen molar-refractivity contribution in [3.8, 4) is 5.88 Å². The third kappa shape index (κ3) is 2.27. The maximum absolute atomic E-state index is 6.09. The fourth-order valence-electron chi connectivity index (χ4n) is 2.67. The summed E-state index contributed by atoms with van der Waals surface area (Å²) in [6.07, 6.45) is 3.51. The Morgan fingerprint density at radius 2 is 1.75 bits per heavy atom. The first-order chi connectivity index (χ1) is 9.79. The van der Waals surface area contributed by atoms with Gasteiger partial charge in [0.05, 0.1) is 7.11 Å². The van der Waals surface area contributed by atoms with Crippen LogP contribution in [-0.4, -0.2) is 30.2 Å². The first kappa shape index (κ1) is 12.7. The molecule has 2 N–H and O–H groups in total. The Labute approximate surface area is 118 Å². The summed E-state index contributed by atoms with van der Waals surface area (Å²) in [6, 6.07) is 8.58. The van der Waals surface area contributed by atoms with Crippen molar-refractivity contribution in [2.75, 3.05) is 30.8 Å². The number of benzene rings is 1. The van der Waals surface area contributed by atoms with Gasteiger partial charge >= 0.3 is 0 Å². The molecule has 0 fully saturated rings. The van der Waals surface area contributed by atoms with Crippen LogP contribution < -0.4 is 15.4 Å². The zero-order chi connectivity index (χ0) is 13.9. The number of fused-ring (bicyclic) bond motifs is 1. The van der Waals surface area contributed by atoms with E-state index in [1.54, 1.807) is 7.11 Å². The Hall–Kier alpha value is -2.30. The predicted octanol–water partition coefficient (Wildman–Crippen LogP) is 1.67. The molecule has 1 aromatic carbocycles. The molecule has 0 unspecified atom stereocenters. The number of methoxy groups -OCH3 is 1. The van der Waals surface area contributed by atoms with Crippen molar-refractivity contribution in [1.82, 2.24) is 9.97 Å². The van der Waals surface area contributed by atoms with Gasteiger partial charge in [-0.2, -0.15) is 4.98 Å². The quantitative estimate of drug-likeness (QED) is 0.899. The van der Waals surface area contributed by atoms with Crippen LogP contribution in [0, 0.1) is 0 Å². The van der Waals surface area contributed by atoms with E-state index in [9.17, 15) is 0 Å². The molecule has 0 aliphatic carbocycles. The molecule has 0 saturated heterocycles. The van der Waals surface area contributed by atoms with E-state index in [2.05, 4.69) is 39.1 Å². The second-order valence-electron chi connectivity index (χ2n) is 4.88. The monoisotopic (exact) mass is 270 g/mol. The normalized spacial score (nSPS) is 14.6. The van der Waals surface area contributed by atoms with E-state index < -0.39 is 0 Å². The van der Waals surface area contributed by atoms with E-state index in [4.69, 9.17) is 10.5 Å². The summed E-state index contributed by atoms with van der Waals surface area (Å²) >= 11 is 0. The molecule has 0 saturated carbocycles. The minimum absolute atomic E-state index is 0.441. The lowest BCUT2D eigenvalue weighted by Gasteiger charge is -2.23. The lowest BCUT2D eigenvalue weighted by Crippen LogP contribution is -2.28. The first-order valence-corrected chi connectivity index (χ1v) is 6.76. The van der Waals surface area contributed by atoms with Crippen molar-refractivity contribution in [1.29, 1.82) is 0 Å². The predicted molar refractivity (Wildman–Crippen MR) is 79.1 cm³/mol. The average Bonchev–Trinajstić information content (AvgIpc) is 2.70. The number of hydrogen-bond acceptors (Lipinski definition) is 5. The number of ether oxygens (including phenoxy) is 1. The van der Waals surface area contributed by atoms with Crippen LogP contribution in [-0.2, 0) is 12.8 Å². The van der Waals surface area contributed by atoms with E-state index in [1.807, 2.05) is 0 Å². The number of nitrogen functional groups attached to an aromatic ring is 1. The number of nitrogens with two attached hydrogens (primary N) is 1. The minimum atomic E-state index is 0.441. The van der Waals surface area contributed by atoms with Gasteiger partial charge in [-0.05, 0) is 24.0 Å². The molecule has 1 aliphatic rings. The van der Waals surface area contributed by atoms with Gasteiger partial charge < -0.3 is 15.4 Å². The summed E-state index contributed by atoms with van der Waals surface area (Å²) in [5, 5.41) is 0. The van der Waals surface area contributed by atoms with Crippen LogP contribution in [0.5, 0.6) is 5.88 Å². The molecule has 0 bridgehead atoms. The Morgan fingerprint density at radius 3 is 2.35 bits per heavy atom. The first-order valence-electron chi connectivity index (χ1n) is 6.76. The minimum Gasteiger partial charge on any atom is -0.479 e. The molecule has 1 aromatic heterocycles. The second kappa shape index (κ2) is 5.36. The number of aromatic nitrogens is 2. The molecule has 2 aromatic rings. The summed E-state index contributed by atoms with van der Waals surface area (Å²) in [4.78, 5) is 10.6. The average molecular weight is 270 g/mol. The molecule has 5 nitrogen and oxygen atoms in total. The van der Waals surface area contributed by atoms with Gasteiger partial charge in [0.15, 0.2) is 5.82 Å². The summed E-state index contributed by atoms with van der Waals surface area (Å²) in [5.41, 5.74) is 9.43. The zero-order valence-corrected chi connectivity index (χ0v) is 11.5. The lowest BCUT2D eigenvalue weighted by molar-refractivity contribution is 0.399. The smallest absolute Gasteiger partial charge is 0.242 e. The highest BCUT2D eigenvalue weighted by Gasteiger charge is 2.19. The van der Waals surface area contributed by atoms with E-state index in [0.717, 1.165) is 31.7 Å². The maximum atomic E-state index is 6.09. The number of nitrogens with zero attached hydrogens (tertiary/aromatic N) is 3. The van der Waals surface area contributed by atoms with Gasteiger partial charge in [0, 0.05) is 13.1 Å². The van der Waals surface area contributed by atoms with Gasteiger partial charge in [0.1, 0.15) is 12.0 Å². The molecule has 3 rings (SSSR count). The molecule has 2 heterocycles. The Balaban J connectivity index is 1.87. The molecule has 1 aliphatic heterocycles. The van der Waals surface area contributed by atoms with Gasteiger partial charge in [-0.3, -0.25) is 0 Å². The molecular weight excluding hydrogens is 252 g/mol. The van der Waals surface area contributed by atoms with Crippen LogP contribution in [0.15, 0.2) is 30.6 Å². The number of anilines is 2. The zero-order valence-electron chi connectivity index (χ0n) is 11.5. The molecule has 0 radical (unpaired) electrons. The van der Waals surface area contributed by atoms with Crippen molar-refractivity contribution in [2.24, 2.45) is 0 Å². The van der Waals surface area contributed by atoms with Crippen molar-refractivity contribution in [2.45, 2.75) is 12.8 Å². The standard InChI is InChI=1S/C15H18N4O/c1-20-15-13(16)14(17-10-18-15)19-8-6-11-4-2-3-5-12(11)7-9-19/h2-5,10H,6-9,16H2,1H3. The summed E-state index contributed by atoms with van der Waals surface area (Å²) in [7, 11) is 1.57. The third-order valence-corrected chi connectivity index (χ3v) is 3.74. The van der Waals surface area contributed by atoms with Gasteiger partial charge in [0.2, 0.25) is 5.88 Å². The highest BCUT2D eigenvalue weighted by atomic mass is 16.5. The summed E-state index contributed by atoms with van der Waals surface area (Å²) in [5.74, 6) is 1.21. The largest absolute Gasteiger partial charge is 0.479 e. The van der Waals surface area contributed by atoms with Crippen LogP contribution in [0.3, 0.4) is 0 Å². The molecular formula is C15H18N4O. The van der Waals surface area contributed by atoms with Crippen molar-refractivity contribution in [3.63, 3.8) is 0 Å². The molecule has 20 heavy (non-hydrogen) atoms. The highest BCUT2D eigenvalue weighted by molar-refractivity contribution is 5.68. The Kier molecular flexibility index (Phi) is 3.41.